The SMILES string of the molecule is CCNc1nc(NCC(C)(O)CSC)nc(OC)n1. The molecule has 3 N–H and O–H groups in total. The molecule has 0 radical (unpaired) electrons. The van der Waals surface area contributed by atoms with Crippen molar-refractivity contribution in [2.75, 3.05) is 42.8 Å². The number of hydrogen-bond donors (Lipinski definition) is 3. The molecule has 19 heavy (non-hydrogen) atoms. The molecule has 0 spiro atoms. The van der Waals surface area contributed by atoms with Crippen LogP contribution in [0, 0.1) is 0 Å². The molecule has 0 saturated carbocycles. The topological polar surface area (TPSA) is 92.2 Å². The van der Waals surface area contributed by atoms with E-state index in [1.165, 1.54) is 7.11 Å². The third-order valence-corrected chi connectivity index (χ3v) is 3.13. The zero-order valence-electron chi connectivity index (χ0n) is 11.7. The maximum atomic E-state index is 10.1. The van der Waals surface area contributed by atoms with E-state index in [0.29, 0.717) is 30.7 Å². The fourth-order valence-electron chi connectivity index (χ4n) is 1.40. The highest BCUT2D eigenvalue weighted by Crippen LogP contribution is 2.14. The lowest BCUT2D eigenvalue weighted by molar-refractivity contribution is 0.0995. The second-order valence-electron chi connectivity index (χ2n) is 4.28. The van der Waals surface area contributed by atoms with E-state index in [1.54, 1.807) is 18.7 Å². The van der Waals surface area contributed by atoms with Crippen LogP contribution in [0.15, 0.2) is 0 Å². The smallest absolute Gasteiger partial charge is 0.322 e. The predicted octanol–water partition coefficient (Wildman–Crippen LogP) is 0.838. The van der Waals surface area contributed by atoms with Crippen LogP contribution in [-0.2, 0) is 0 Å². The molecular formula is C11H21N5O2S. The fraction of sp³-hybridized carbons (Fsp3) is 0.727. The molecule has 0 aliphatic carbocycles. The molecule has 1 aromatic rings. The molecule has 0 fully saturated rings. The Morgan fingerprint density at radius 1 is 1.26 bits per heavy atom. The molecule has 0 aliphatic rings. The van der Waals surface area contributed by atoms with Crippen LogP contribution >= 0.6 is 11.8 Å². The number of nitrogens with zero attached hydrogens (tertiary/aromatic N) is 3. The van der Waals surface area contributed by atoms with Gasteiger partial charge in [-0.1, -0.05) is 0 Å². The van der Waals surface area contributed by atoms with E-state index in [0.717, 1.165) is 0 Å². The van der Waals surface area contributed by atoms with Gasteiger partial charge >= 0.3 is 6.01 Å². The molecule has 1 heterocycles. The van der Waals surface area contributed by atoms with Crippen LogP contribution in [-0.4, -0.2) is 57.9 Å². The Balaban J connectivity index is 2.74. The van der Waals surface area contributed by atoms with Crippen LogP contribution in [0.25, 0.3) is 0 Å². The average molecular weight is 287 g/mol. The summed E-state index contributed by atoms with van der Waals surface area (Å²) in [5, 5.41) is 16.1. The highest BCUT2D eigenvalue weighted by Gasteiger charge is 2.20. The molecule has 0 bridgehead atoms. The Morgan fingerprint density at radius 2 is 1.89 bits per heavy atom. The van der Waals surface area contributed by atoms with Gasteiger partial charge in [-0.3, -0.25) is 0 Å². The highest BCUT2D eigenvalue weighted by molar-refractivity contribution is 7.98. The van der Waals surface area contributed by atoms with Gasteiger partial charge in [0.1, 0.15) is 0 Å². The summed E-state index contributed by atoms with van der Waals surface area (Å²) in [5.41, 5.74) is -0.822. The molecule has 108 valence electrons. The minimum absolute atomic E-state index is 0.234. The number of rotatable bonds is 8. The summed E-state index contributed by atoms with van der Waals surface area (Å²) < 4.78 is 5.01. The number of aliphatic hydroxyl groups is 1. The van der Waals surface area contributed by atoms with Gasteiger partial charge in [0.2, 0.25) is 11.9 Å². The van der Waals surface area contributed by atoms with E-state index in [2.05, 4.69) is 25.6 Å². The zero-order chi connectivity index (χ0) is 14.3. The summed E-state index contributed by atoms with van der Waals surface area (Å²) in [6.07, 6.45) is 1.95. The van der Waals surface area contributed by atoms with Gasteiger partial charge in [-0.05, 0) is 20.1 Å². The van der Waals surface area contributed by atoms with E-state index >= 15 is 0 Å². The van der Waals surface area contributed by atoms with Crippen molar-refractivity contribution in [3.8, 4) is 6.01 Å². The van der Waals surface area contributed by atoms with Gasteiger partial charge in [-0.15, -0.1) is 0 Å². The van der Waals surface area contributed by atoms with Crippen molar-refractivity contribution in [3.05, 3.63) is 0 Å². The normalized spacial score (nSPS) is 13.7. The summed E-state index contributed by atoms with van der Waals surface area (Å²) in [4.78, 5) is 12.3. The van der Waals surface area contributed by atoms with Crippen molar-refractivity contribution in [3.63, 3.8) is 0 Å². The first-order valence-electron chi connectivity index (χ1n) is 6.00. The lowest BCUT2D eigenvalue weighted by atomic mass is 10.1. The van der Waals surface area contributed by atoms with Crippen molar-refractivity contribution in [2.24, 2.45) is 0 Å². The Kier molecular flexibility index (Phi) is 6.10. The van der Waals surface area contributed by atoms with Gasteiger partial charge in [0.25, 0.3) is 0 Å². The first-order valence-corrected chi connectivity index (χ1v) is 7.39. The number of nitrogens with one attached hydrogen (secondary N) is 2. The first kappa shape index (κ1) is 15.8. The van der Waals surface area contributed by atoms with Crippen molar-refractivity contribution in [1.29, 1.82) is 0 Å². The molecule has 1 unspecified atom stereocenters. The Labute approximate surface area is 117 Å². The maximum Gasteiger partial charge on any atom is 0.322 e. The number of aromatic nitrogens is 3. The number of anilines is 2. The predicted molar refractivity (Wildman–Crippen MR) is 78.0 cm³/mol. The van der Waals surface area contributed by atoms with Gasteiger partial charge < -0.3 is 20.5 Å². The number of ether oxygens (including phenoxy) is 1. The van der Waals surface area contributed by atoms with E-state index in [1.807, 2.05) is 13.2 Å². The molecule has 0 aliphatic heterocycles. The largest absolute Gasteiger partial charge is 0.467 e. The van der Waals surface area contributed by atoms with Crippen molar-refractivity contribution >= 4 is 23.7 Å². The van der Waals surface area contributed by atoms with Crippen molar-refractivity contribution in [2.45, 2.75) is 19.4 Å². The second kappa shape index (κ2) is 7.34. The number of methoxy groups -OCH3 is 1. The highest BCUT2D eigenvalue weighted by atomic mass is 32.2. The van der Waals surface area contributed by atoms with E-state index in [-0.39, 0.29) is 6.01 Å². The standard InChI is InChI=1S/C11H21N5O2S/c1-5-12-8-14-9(16-10(15-8)18-3)13-6-11(2,17)7-19-4/h17H,5-7H2,1-4H3,(H2,12,13,14,15,16). The third-order valence-electron chi connectivity index (χ3n) is 2.21. The average Bonchev–Trinajstić information content (AvgIpc) is 2.36. The summed E-state index contributed by atoms with van der Waals surface area (Å²) >= 11 is 1.58. The van der Waals surface area contributed by atoms with Crippen LogP contribution in [0.3, 0.4) is 0 Å². The van der Waals surface area contributed by atoms with Gasteiger partial charge in [0.05, 0.1) is 12.7 Å². The third kappa shape index (κ3) is 5.48. The monoisotopic (exact) mass is 287 g/mol. The molecule has 1 atom stereocenters. The van der Waals surface area contributed by atoms with Crippen LogP contribution in [0.2, 0.25) is 0 Å². The fourth-order valence-corrected chi connectivity index (χ4v) is 2.12. The van der Waals surface area contributed by atoms with Crippen molar-refractivity contribution < 1.29 is 9.84 Å². The Hall–Kier alpha value is -1.28. The quantitative estimate of drug-likeness (QED) is 0.648. The lowest BCUT2D eigenvalue weighted by Gasteiger charge is -2.22. The lowest BCUT2D eigenvalue weighted by Crippen LogP contribution is -2.36. The summed E-state index contributed by atoms with van der Waals surface area (Å²) in [6, 6.07) is 0.234. The number of hydrogen-bond acceptors (Lipinski definition) is 8. The summed E-state index contributed by atoms with van der Waals surface area (Å²) in [6.45, 7) is 4.77. The molecule has 7 nitrogen and oxygen atoms in total. The minimum atomic E-state index is -0.822. The van der Waals surface area contributed by atoms with Crippen LogP contribution in [0.1, 0.15) is 13.8 Å². The molecule has 1 rings (SSSR count). The summed E-state index contributed by atoms with van der Waals surface area (Å²) in [5.74, 6) is 1.45. The maximum absolute atomic E-state index is 10.1. The molecule has 8 heteroatoms. The van der Waals surface area contributed by atoms with Gasteiger partial charge in [-0.25, -0.2) is 0 Å². The van der Waals surface area contributed by atoms with E-state index < -0.39 is 5.60 Å². The Bertz CT molecular complexity index is 403. The number of thioether (sulfide) groups is 1. The molecule has 0 amide bonds. The second-order valence-corrected chi connectivity index (χ2v) is 5.15. The molecule has 1 aromatic heterocycles. The van der Waals surface area contributed by atoms with Crippen LogP contribution < -0.4 is 15.4 Å². The molecular weight excluding hydrogens is 266 g/mol. The van der Waals surface area contributed by atoms with E-state index in [4.69, 9.17) is 4.74 Å². The van der Waals surface area contributed by atoms with Gasteiger partial charge in [-0.2, -0.15) is 26.7 Å². The molecule has 0 saturated heterocycles. The van der Waals surface area contributed by atoms with Crippen LogP contribution in [0.4, 0.5) is 11.9 Å². The van der Waals surface area contributed by atoms with Gasteiger partial charge in [0, 0.05) is 18.8 Å². The van der Waals surface area contributed by atoms with Gasteiger partial charge in [0.15, 0.2) is 0 Å². The molecule has 0 aromatic carbocycles. The first-order chi connectivity index (χ1) is 9.00. The van der Waals surface area contributed by atoms with Crippen molar-refractivity contribution in [1.82, 2.24) is 15.0 Å². The zero-order valence-corrected chi connectivity index (χ0v) is 12.5. The Morgan fingerprint density at radius 3 is 2.42 bits per heavy atom. The van der Waals surface area contributed by atoms with E-state index in [9.17, 15) is 5.11 Å². The van der Waals surface area contributed by atoms with Crippen LogP contribution in [0.5, 0.6) is 6.01 Å². The summed E-state index contributed by atoms with van der Waals surface area (Å²) in [7, 11) is 1.50. The minimum Gasteiger partial charge on any atom is -0.467 e.